The highest BCUT2D eigenvalue weighted by atomic mass is 35.5. The molecule has 0 saturated carbocycles. The fourth-order valence-corrected chi connectivity index (χ4v) is 2.35. The molecule has 0 heterocycles. The first-order valence-corrected chi connectivity index (χ1v) is 8.75. The third-order valence-corrected chi connectivity index (χ3v) is 4.20. The van der Waals surface area contributed by atoms with Gasteiger partial charge in [-0.15, -0.1) is 0 Å². The smallest absolute Gasteiger partial charge is 0.243 e. The van der Waals surface area contributed by atoms with Gasteiger partial charge in [0.05, 0.1) is 6.54 Å². The Morgan fingerprint density at radius 2 is 1.62 bits per heavy atom. The van der Waals surface area contributed by atoms with Crippen molar-refractivity contribution >= 4 is 40.5 Å². The molecule has 2 rings (SSSR count). The van der Waals surface area contributed by atoms with Crippen LogP contribution in [0.15, 0.2) is 42.5 Å². The number of anilines is 3. The summed E-state index contributed by atoms with van der Waals surface area (Å²) in [6.45, 7) is 7.54. The molecule has 3 N–H and O–H groups in total. The molecule has 6 heteroatoms. The van der Waals surface area contributed by atoms with Crippen molar-refractivity contribution in [3.05, 3.63) is 53.1 Å². The minimum atomic E-state index is -0.488. The van der Waals surface area contributed by atoms with E-state index < -0.39 is 5.41 Å². The molecule has 0 aromatic heterocycles. The average Bonchev–Trinajstić information content (AvgIpc) is 2.55. The van der Waals surface area contributed by atoms with Gasteiger partial charge < -0.3 is 16.0 Å². The van der Waals surface area contributed by atoms with Crippen molar-refractivity contribution in [1.82, 2.24) is 0 Å². The Balaban J connectivity index is 1.96. The Kier molecular flexibility index (Phi) is 6.27. The number of benzene rings is 2. The molecule has 0 spiro atoms. The molecular weight excluding hydrogens is 350 g/mol. The third kappa shape index (κ3) is 5.49. The molecule has 0 unspecified atom stereocenters. The number of rotatable bonds is 5. The molecule has 0 atom stereocenters. The largest absolute Gasteiger partial charge is 0.376 e. The molecule has 138 valence electrons. The van der Waals surface area contributed by atoms with Crippen LogP contribution in [0.4, 0.5) is 17.1 Å². The van der Waals surface area contributed by atoms with Crippen molar-refractivity contribution in [3.8, 4) is 0 Å². The van der Waals surface area contributed by atoms with Crippen LogP contribution in [0.5, 0.6) is 0 Å². The summed E-state index contributed by atoms with van der Waals surface area (Å²) in [4.78, 5) is 24.2. The van der Waals surface area contributed by atoms with Crippen LogP contribution in [-0.4, -0.2) is 18.4 Å². The van der Waals surface area contributed by atoms with Crippen LogP contribution < -0.4 is 16.0 Å². The lowest BCUT2D eigenvalue weighted by molar-refractivity contribution is -0.123. The predicted octanol–water partition coefficient (Wildman–Crippen LogP) is 4.68. The highest BCUT2D eigenvalue weighted by Gasteiger charge is 2.21. The fourth-order valence-electron chi connectivity index (χ4n) is 2.17. The molecule has 0 aliphatic heterocycles. The molecule has 0 radical (unpaired) electrons. The SMILES string of the molecule is Cc1c(Cl)cccc1NCC(=O)Nc1cccc(NC(=O)C(C)(C)C)c1. The molecule has 0 saturated heterocycles. The highest BCUT2D eigenvalue weighted by molar-refractivity contribution is 6.31. The number of carbonyl (C=O) groups is 2. The number of carbonyl (C=O) groups excluding carboxylic acids is 2. The molecule has 2 amide bonds. The van der Waals surface area contributed by atoms with E-state index in [-0.39, 0.29) is 18.4 Å². The maximum Gasteiger partial charge on any atom is 0.243 e. The van der Waals surface area contributed by atoms with Gasteiger partial charge in [-0.2, -0.15) is 0 Å². The lowest BCUT2D eigenvalue weighted by Crippen LogP contribution is -2.27. The molecular formula is C20H24ClN3O2. The Morgan fingerprint density at radius 3 is 2.27 bits per heavy atom. The van der Waals surface area contributed by atoms with Crippen molar-refractivity contribution in [2.75, 3.05) is 22.5 Å². The van der Waals surface area contributed by atoms with Crippen LogP contribution in [0.2, 0.25) is 5.02 Å². The second-order valence-corrected chi connectivity index (χ2v) is 7.51. The van der Waals surface area contributed by atoms with E-state index in [9.17, 15) is 9.59 Å². The number of nitrogens with one attached hydrogen (secondary N) is 3. The second kappa shape index (κ2) is 8.23. The molecule has 2 aromatic carbocycles. The van der Waals surface area contributed by atoms with Gasteiger partial charge in [0, 0.05) is 27.5 Å². The molecule has 26 heavy (non-hydrogen) atoms. The van der Waals surface area contributed by atoms with Crippen LogP contribution in [0.3, 0.4) is 0 Å². The monoisotopic (exact) mass is 373 g/mol. The minimum absolute atomic E-state index is 0.0842. The van der Waals surface area contributed by atoms with Crippen LogP contribution in [0.1, 0.15) is 26.3 Å². The van der Waals surface area contributed by atoms with Crippen LogP contribution in [0, 0.1) is 12.3 Å². The van der Waals surface area contributed by atoms with Crippen molar-refractivity contribution in [2.24, 2.45) is 5.41 Å². The van der Waals surface area contributed by atoms with E-state index in [1.165, 1.54) is 0 Å². The van der Waals surface area contributed by atoms with Gasteiger partial charge in [0.2, 0.25) is 11.8 Å². The van der Waals surface area contributed by atoms with E-state index in [2.05, 4.69) is 16.0 Å². The number of halogens is 1. The summed E-state index contributed by atoms with van der Waals surface area (Å²) in [5, 5.41) is 9.38. The Morgan fingerprint density at radius 1 is 1.00 bits per heavy atom. The van der Waals surface area contributed by atoms with Crippen LogP contribution >= 0.6 is 11.6 Å². The van der Waals surface area contributed by atoms with Crippen LogP contribution in [-0.2, 0) is 9.59 Å². The van der Waals surface area contributed by atoms with E-state index in [0.717, 1.165) is 11.3 Å². The zero-order chi connectivity index (χ0) is 19.3. The zero-order valence-corrected chi connectivity index (χ0v) is 16.2. The molecule has 0 bridgehead atoms. The summed E-state index contributed by atoms with van der Waals surface area (Å²) >= 11 is 6.07. The van der Waals surface area contributed by atoms with E-state index in [0.29, 0.717) is 16.4 Å². The second-order valence-electron chi connectivity index (χ2n) is 7.10. The highest BCUT2D eigenvalue weighted by Crippen LogP contribution is 2.23. The predicted molar refractivity (Wildman–Crippen MR) is 108 cm³/mol. The average molecular weight is 374 g/mol. The Hall–Kier alpha value is -2.53. The maximum atomic E-state index is 12.2. The summed E-state index contributed by atoms with van der Waals surface area (Å²) < 4.78 is 0. The minimum Gasteiger partial charge on any atom is -0.376 e. The Labute approximate surface area is 159 Å². The van der Waals surface area contributed by atoms with E-state index in [1.54, 1.807) is 30.3 Å². The van der Waals surface area contributed by atoms with E-state index in [1.807, 2.05) is 39.8 Å². The van der Waals surface area contributed by atoms with Crippen LogP contribution in [0.25, 0.3) is 0 Å². The number of hydrogen-bond acceptors (Lipinski definition) is 3. The van der Waals surface area contributed by atoms with Gasteiger partial charge in [0.15, 0.2) is 0 Å². The normalized spacial score (nSPS) is 11.0. The van der Waals surface area contributed by atoms with Gasteiger partial charge in [-0.3, -0.25) is 9.59 Å². The first-order chi connectivity index (χ1) is 12.2. The zero-order valence-electron chi connectivity index (χ0n) is 15.4. The standard InChI is InChI=1S/C20H24ClN3O2/c1-13-16(21)9-6-10-17(13)22-12-18(25)23-14-7-5-8-15(11-14)24-19(26)20(2,3)4/h5-11,22H,12H2,1-4H3,(H,23,25)(H,24,26). The maximum absolute atomic E-state index is 12.2. The molecule has 5 nitrogen and oxygen atoms in total. The Bertz CT molecular complexity index is 813. The van der Waals surface area contributed by atoms with Crippen molar-refractivity contribution in [3.63, 3.8) is 0 Å². The molecule has 0 aliphatic carbocycles. The summed E-state index contributed by atoms with van der Waals surface area (Å²) in [6.07, 6.45) is 0. The molecule has 0 fully saturated rings. The lowest BCUT2D eigenvalue weighted by Gasteiger charge is -2.18. The van der Waals surface area contributed by atoms with E-state index >= 15 is 0 Å². The van der Waals surface area contributed by atoms with Gasteiger partial charge in [-0.25, -0.2) is 0 Å². The van der Waals surface area contributed by atoms with Gasteiger partial charge in [0.25, 0.3) is 0 Å². The van der Waals surface area contributed by atoms with Crippen molar-refractivity contribution in [1.29, 1.82) is 0 Å². The summed E-state index contributed by atoms with van der Waals surface area (Å²) in [5.74, 6) is -0.275. The van der Waals surface area contributed by atoms with Gasteiger partial charge in [-0.05, 0) is 42.8 Å². The summed E-state index contributed by atoms with van der Waals surface area (Å²) in [6, 6.07) is 12.6. The van der Waals surface area contributed by atoms with Gasteiger partial charge in [-0.1, -0.05) is 44.5 Å². The first-order valence-electron chi connectivity index (χ1n) is 8.37. The van der Waals surface area contributed by atoms with Crippen molar-refractivity contribution < 1.29 is 9.59 Å². The van der Waals surface area contributed by atoms with Gasteiger partial charge >= 0.3 is 0 Å². The lowest BCUT2D eigenvalue weighted by atomic mass is 9.95. The number of amides is 2. The summed E-state index contributed by atoms with van der Waals surface area (Å²) in [5.41, 5.74) is 2.48. The third-order valence-electron chi connectivity index (χ3n) is 3.79. The fraction of sp³-hybridized carbons (Fsp3) is 0.300. The molecule has 2 aromatic rings. The van der Waals surface area contributed by atoms with E-state index in [4.69, 9.17) is 11.6 Å². The topological polar surface area (TPSA) is 70.2 Å². The van der Waals surface area contributed by atoms with Crippen molar-refractivity contribution in [2.45, 2.75) is 27.7 Å². The quantitative estimate of drug-likeness (QED) is 0.712. The summed E-state index contributed by atoms with van der Waals surface area (Å²) in [7, 11) is 0. The van der Waals surface area contributed by atoms with Gasteiger partial charge in [0.1, 0.15) is 0 Å². The molecule has 0 aliphatic rings. The first kappa shape index (κ1) is 19.8. The number of hydrogen-bond donors (Lipinski definition) is 3.